The van der Waals surface area contributed by atoms with Gasteiger partial charge >= 0.3 is 5.97 Å². The first kappa shape index (κ1) is 16.7. The maximum Gasteiger partial charge on any atom is 0.309 e. The Labute approximate surface area is 122 Å². The highest BCUT2D eigenvalue weighted by atomic mass is 16.5. The van der Waals surface area contributed by atoms with E-state index in [4.69, 9.17) is 4.74 Å². The van der Waals surface area contributed by atoms with Crippen LogP contribution in [-0.4, -0.2) is 19.6 Å². The Bertz CT molecular complexity index is 435. The number of hydrogen-bond donors (Lipinski definition) is 1. The summed E-state index contributed by atoms with van der Waals surface area (Å²) < 4.78 is 4.74. The molecule has 112 valence electrons. The van der Waals surface area contributed by atoms with Crippen molar-refractivity contribution in [1.29, 1.82) is 0 Å². The van der Waals surface area contributed by atoms with Gasteiger partial charge in [0.2, 0.25) is 0 Å². The van der Waals surface area contributed by atoms with Crippen molar-refractivity contribution < 1.29 is 9.53 Å². The van der Waals surface area contributed by atoms with Gasteiger partial charge in [0.1, 0.15) is 0 Å². The van der Waals surface area contributed by atoms with Gasteiger partial charge in [0, 0.05) is 6.54 Å². The molecule has 0 spiro atoms. The van der Waals surface area contributed by atoms with E-state index in [1.807, 2.05) is 18.2 Å². The molecule has 20 heavy (non-hydrogen) atoms. The van der Waals surface area contributed by atoms with Gasteiger partial charge in [0.25, 0.3) is 0 Å². The summed E-state index contributed by atoms with van der Waals surface area (Å²) in [5.74, 6) is 0.399. The van der Waals surface area contributed by atoms with Gasteiger partial charge in [-0.3, -0.25) is 4.79 Å². The highest BCUT2D eigenvalue weighted by molar-refractivity contribution is 5.72. The zero-order valence-corrected chi connectivity index (χ0v) is 13.3. The minimum atomic E-state index is -0.194. The molecule has 3 nitrogen and oxygen atoms in total. The lowest BCUT2D eigenvalue weighted by atomic mass is 9.82. The molecule has 0 radical (unpaired) electrons. The largest absolute Gasteiger partial charge is 0.469 e. The quantitative estimate of drug-likeness (QED) is 0.812. The normalized spacial score (nSPS) is 13.1. The van der Waals surface area contributed by atoms with Gasteiger partial charge in [-0.25, -0.2) is 0 Å². The molecule has 0 saturated heterocycles. The third-order valence-electron chi connectivity index (χ3n) is 3.93. The molecule has 1 aromatic carbocycles. The monoisotopic (exact) mass is 277 g/mol. The van der Waals surface area contributed by atoms with Crippen molar-refractivity contribution in [2.75, 3.05) is 13.7 Å². The highest BCUT2D eigenvalue weighted by Gasteiger charge is 2.19. The molecule has 0 heterocycles. The summed E-state index contributed by atoms with van der Waals surface area (Å²) in [6.45, 7) is 10.8. The molecule has 1 unspecified atom stereocenters. The Morgan fingerprint density at radius 3 is 2.40 bits per heavy atom. The van der Waals surface area contributed by atoms with Crippen molar-refractivity contribution in [2.45, 2.75) is 40.7 Å². The number of benzene rings is 1. The lowest BCUT2D eigenvalue weighted by Gasteiger charge is -2.27. The van der Waals surface area contributed by atoms with Crippen LogP contribution in [0.15, 0.2) is 24.3 Å². The fourth-order valence-corrected chi connectivity index (χ4v) is 1.86. The first-order valence-electron chi connectivity index (χ1n) is 7.19. The molecule has 0 aromatic heterocycles. The Hall–Kier alpha value is -1.35. The van der Waals surface area contributed by atoms with E-state index < -0.39 is 0 Å². The highest BCUT2D eigenvalue weighted by Crippen LogP contribution is 2.24. The van der Waals surface area contributed by atoms with E-state index in [9.17, 15) is 4.79 Å². The van der Waals surface area contributed by atoms with Crippen molar-refractivity contribution in [3.63, 3.8) is 0 Å². The van der Waals surface area contributed by atoms with Crippen molar-refractivity contribution >= 4 is 5.97 Å². The molecule has 1 atom stereocenters. The fourth-order valence-electron chi connectivity index (χ4n) is 1.86. The van der Waals surface area contributed by atoms with Crippen LogP contribution in [0.2, 0.25) is 0 Å². The van der Waals surface area contributed by atoms with Gasteiger partial charge in [-0.1, -0.05) is 52.0 Å². The van der Waals surface area contributed by atoms with Crippen LogP contribution in [0.3, 0.4) is 0 Å². The van der Waals surface area contributed by atoms with E-state index in [2.05, 4.69) is 39.1 Å². The molecule has 0 aliphatic carbocycles. The maximum atomic E-state index is 11.4. The van der Waals surface area contributed by atoms with Crippen LogP contribution in [-0.2, 0) is 22.5 Å². The lowest BCUT2D eigenvalue weighted by molar-refractivity contribution is -0.139. The van der Waals surface area contributed by atoms with Crippen molar-refractivity contribution in [3.05, 3.63) is 35.4 Å². The van der Waals surface area contributed by atoms with Crippen LogP contribution in [0.25, 0.3) is 0 Å². The number of esters is 1. The zero-order chi connectivity index (χ0) is 15.2. The second-order valence-electron chi connectivity index (χ2n) is 6.42. The number of hydrogen-bond acceptors (Lipinski definition) is 3. The summed E-state index contributed by atoms with van der Waals surface area (Å²) in [6.07, 6.45) is 0.336. The topological polar surface area (TPSA) is 38.3 Å². The van der Waals surface area contributed by atoms with Gasteiger partial charge in [0.15, 0.2) is 0 Å². The molecule has 0 aliphatic rings. The molecule has 1 aromatic rings. The number of rotatable bonds is 6. The first-order valence-corrected chi connectivity index (χ1v) is 7.19. The van der Waals surface area contributed by atoms with Crippen LogP contribution in [0.4, 0.5) is 0 Å². The van der Waals surface area contributed by atoms with Crippen LogP contribution in [0.5, 0.6) is 0 Å². The maximum absolute atomic E-state index is 11.4. The average Bonchev–Trinajstić information content (AvgIpc) is 2.39. The smallest absolute Gasteiger partial charge is 0.309 e. The summed E-state index contributed by atoms with van der Waals surface area (Å²) in [5.41, 5.74) is 2.51. The minimum absolute atomic E-state index is 0.194. The van der Waals surface area contributed by atoms with E-state index in [-0.39, 0.29) is 5.97 Å². The van der Waals surface area contributed by atoms with Crippen LogP contribution in [0.1, 0.15) is 38.8 Å². The SMILES string of the molecule is COC(=O)Cc1ccccc1CNCC(C)C(C)(C)C. The second kappa shape index (κ2) is 7.44. The Balaban J connectivity index is 2.58. The zero-order valence-electron chi connectivity index (χ0n) is 13.3. The van der Waals surface area contributed by atoms with Crippen LogP contribution >= 0.6 is 0 Å². The summed E-state index contributed by atoms with van der Waals surface area (Å²) in [6, 6.07) is 8.01. The van der Waals surface area contributed by atoms with Gasteiger partial charge in [0.05, 0.1) is 13.5 Å². The number of carbonyl (C=O) groups excluding carboxylic acids is 1. The van der Waals surface area contributed by atoms with E-state index >= 15 is 0 Å². The molecule has 1 N–H and O–H groups in total. The van der Waals surface area contributed by atoms with Crippen molar-refractivity contribution in [1.82, 2.24) is 5.32 Å². The van der Waals surface area contributed by atoms with Gasteiger partial charge in [-0.05, 0) is 29.0 Å². The van der Waals surface area contributed by atoms with Crippen molar-refractivity contribution in [3.8, 4) is 0 Å². The third-order valence-corrected chi connectivity index (χ3v) is 3.93. The van der Waals surface area contributed by atoms with E-state index in [0.29, 0.717) is 17.8 Å². The average molecular weight is 277 g/mol. The predicted octanol–water partition coefficient (Wildman–Crippen LogP) is 3.17. The molecule has 0 fully saturated rings. The molecule has 3 heteroatoms. The molecule has 0 bridgehead atoms. The standard InChI is InChI=1S/C17H27NO2/c1-13(17(2,3)4)11-18-12-15-9-7-6-8-14(15)10-16(19)20-5/h6-9,13,18H,10-12H2,1-5H3. The van der Waals surface area contributed by atoms with Gasteiger partial charge in [-0.2, -0.15) is 0 Å². The Kier molecular flexibility index (Phi) is 6.21. The summed E-state index contributed by atoms with van der Waals surface area (Å²) >= 11 is 0. The Morgan fingerprint density at radius 2 is 1.85 bits per heavy atom. The van der Waals surface area contributed by atoms with Crippen molar-refractivity contribution in [2.24, 2.45) is 11.3 Å². The summed E-state index contributed by atoms with van der Waals surface area (Å²) in [7, 11) is 1.42. The van der Waals surface area contributed by atoms with Crippen LogP contribution in [0, 0.1) is 11.3 Å². The number of nitrogens with one attached hydrogen (secondary N) is 1. The predicted molar refractivity (Wildman–Crippen MR) is 82.5 cm³/mol. The van der Waals surface area contributed by atoms with Gasteiger partial charge in [-0.15, -0.1) is 0 Å². The summed E-state index contributed by atoms with van der Waals surface area (Å²) in [5, 5.41) is 3.49. The summed E-state index contributed by atoms with van der Waals surface area (Å²) in [4.78, 5) is 11.4. The second-order valence-corrected chi connectivity index (χ2v) is 6.42. The molecule has 0 aliphatic heterocycles. The number of carbonyl (C=O) groups is 1. The first-order chi connectivity index (χ1) is 9.34. The Morgan fingerprint density at radius 1 is 1.25 bits per heavy atom. The fraction of sp³-hybridized carbons (Fsp3) is 0.588. The van der Waals surface area contributed by atoms with Gasteiger partial charge < -0.3 is 10.1 Å². The van der Waals surface area contributed by atoms with Crippen LogP contribution < -0.4 is 5.32 Å². The molecular weight excluding hydrogens is 250 g/mol. The molecule has 1 rings (SSSR count). The molecular formula is C17H27NO2. The molecule has 0 amide bonds. The number of ether oxygens (including phenoxy) is 1. The third kappa shape index (κ3) is 5.33. The lowest BCUT2D eigenvalue weighted by Crippen LogP contribution is -2.29. The number of methoxy groups -OCH3 is 1. The van der Waals surface area contributed by atoms with E-state index in [1.165, 1.54) is 12.7 Å². The minimum Gasteiger partial charge on any atom is -0.469 e. The molecule has 0 saturated carbocycles. The van der Waals surface area contributed by atoms with E-state index in [0.717, 1.165) is 18.7 Å². The van der Waals surface area contributed by atoms with E-state index in [1.54, 1.807) is 0 Å².